The quantitative estimate of drug-likeness (QED) is 0.506. The molecule has 1 aliphatic heterocycles. The van der Waals surface area contributed by atoms with Crippen LogP contribution in [0, 0.1) is 5.41 Å². The van der Waals surface area contributed by atoms with Gasteiger partial charge in [0.15, 0.2) is 0 Å². The number of amides is 2. The number of carbonyl (C=O) groups excluding carboxylic acids is 2. The summed E-state index contributed by atoms with van der Waals surface area (Å²) in [7, 11) is 0. The van der Waals surface area contributed by atoms with E-state index in [4.69, 9.17) is 4.74 Å². The van der Waals surface area contributed by atoms with Gasteiger partial charge in [0.2, 0.25) is 5.91 Å². The van der Waals surface area contributed by atoms with Gasteiger partial charge in [-0.2, -0.15) is 13.2 Å². The van der Waals surface area contributed by atoms with Crippen molar-refractivity contribution in [2.24, 2.45) is 5.41 Å². The van der Waals surface area contributed by atoms with E-state index in [0.717, 1.165) is 38.2 Å². The molecule has 1 N–H and O–H groups in total. The number of nitrogens with one attached hydrogen (secondary N) is 1. The third kappa shape index (κ3) is 5.37. The molecule has 1 saturated heterocycles. The number of hydrogen-bond donors (Lipinski definition) is 1. The highest BCUT2D eigenvalue weighted by Gasteiger charge is 2.48. The smallest absolute Gasteiger partial charge is 0.418 e. The van der Waals surface area contributed by atoms with Crippen molar-refractivity contribution in [3.05, 3.63) is 65.7 Å². The third-order valence-corrected chi connectivity index (χ3v) is 7.09. The second-order valence-electron chi connectivity index (χ2n) is 9.17. The number of benzene rings is 2. The molecule has 0 atom stereocenters. The van der Waals surface area contributed by atoms with Crippen molar-refractivity contribution in [1.82, 2.24) is 4.90 Å². The number of para-hydroxylation sites is 1. The molecule has 2 aliphatic rings. The van der Waals surface area contributed by atoms with Crippen LogP contribution >= 0.6 is 0 Å². The fourth-order valence-corrected chi connectivity index (χ4v) is 5.20. The molecule has 0 unspecified atom stereocenters. The zero-order valence-corrected chi connectivity index (χ0v) is 18.9. The highest BCUT2D eigenvalue weighted by Crippen LogP contribution is 2.48. The van der Waals surface area contributed by atoms with Crippen LogP contribution in [0.25, 0.3) is 0 Å². The molecule has 0 radical (unpaired) electrons. The molecule has 1 heterocycles. The topological polar surface area (TPSA) is 58.6 Å². The predicted molar refractivity (Wildman–Crippen MR) is 122 cm³/mol. The van der Waals surface area contributed by atoms with E-state index in [1.165, 1.54) is 23.8 Å². The number of likely N-dealkylation sites (tertiary alicyclic amines) is 1. The van der Waals surface area contributed by atoms with Crippen LogP contribution in [0.15, 0.2) is 54.6 Å². The van der Waals surface area contributed by atoms with Gasteiger partial charge in [0.25, 0.3) is 0 Å². The summed E-state index contributed by atoms with van der Waals surface area (Å²) in [5.41, 5.74) is -0.206. The Labute approximate surface area is 197 Å². The molecule has 5 nitrogen and oxygen atoms in total. The van der Waals surface area contributed by atoms with Crippen LogP contribution in [0.3, 0.4) is 0 Å². The molecule has 182 valence electrons. The maximum absolute atomic E-state index is 13.1. The summed E-state index contributed by atoms with van der Waals surface area (Å²) in [6.07, 6.45) is -0.445. The first-order valence-electron chi connectivity index (χ1n) is 11.7. The first-order chi connectivity index (χ1) is 16.3. The number of alkyl halides is 3. The molecule has 2 fully saturated rings. The Morgan fingerprint density at radius 2 is 1.71 bits per heavy atom. The minimum absolute atomic E-state index is 0.0207. The van der Waals surface area contributed by atoms with Gasteiger partial charge in [0.05, 0.1) is 23.3 Å². The van der Waals surface area contributed by atoms with E-state index >= 15 is 0 Å². The molecule has 8 heteroatoms. The van der Waals surface area contributed by atoms with Gasteiger partial charge < -0.3 is 9.64 Å². The molecule has 2 aromatic rings. The second kappa shape index (κ2) is 10.1. The average Bonchev–Trinajstić information content (AvgIpc) is 3.12. The monoisotopic (exact) mass is 474 g/mol. The van der Waals surface area contributed by atoms with Gasteiger partial charge in [-0.1, -0.05) is 42.5 Å². The summed E-state index contributed by atoms with van der Waals surface area (Å²) >= 11 is 0. The first-order valence-corrected chi connectivity index (χ1v) is 11.7. The minimum Gasteiger partial charge on any atom is -0.449 e. The standard InChI is InChI=1S/C26H29F3N2O3/c27-26(28,29)21-9-4-5-10-22(21)30-24(33)34-18-6-16-31-17-15-25(23(31)32)13-11-20(12-14-25)19-7-2-1-3-8-19/h1-5,7-10,20H,6,11-18H2,(H,30,33). The molecule has 0 bridgehead atoms. The van der Waals surface area contributed by atoms with Gasteiger partial charge >= 0.3 is 12.3 Å². The van der Waals surface area contributed by atoms with E-state index in [0.29, 0.717) is 25.4 Å². The van der Waals surface area contributed by atoms with Gasteiger partial charge in [0, 0.05) is 13.1 Å². The first kappa shape index (κ1) is 24.1. The molecule has 2 amide bonds. The Bertz CT molecular complexity index is 1000. The summed E-state index contributed by atoms with van der Waals surface area (Å²) in [6, 6.07) is 15.2. The van der Waals surface area contributed by atoms with Crippen LogP contribution in [0.5, 0.6) is 0 Å². The zero-order valence-electron chi connectivity index (χ0n) is 18.9. The van der Waals surface area contributed by atoms with Crippen molar-refractivity contribution in [2.75, 3.05) is 25.0 Å². The summed E-state index contributed by atoms with van der Waals surface area (Å²) in [5, 5.41) is 2.16. The molecule has 1 saturated carbocycles. The molecule has 34 heavy (non-hydrogen) atoms. The number of anilines is 1. The average molecular weight is 475 g/mol. The van der Waals surface area contributed by atoms with E-state index in [-0.39, 0.29) is 23.6 Å². The van der Waals surface area contributed by atoms with Gasteiger partial charge in [-0.15, -0.1) is 0 Å². The highest BCUT2D eigenvalue weighted by molar-refractivity contribution is 5.86. The fourth-order valence-electron chi connectivity index (χ4n) is 5.20. The largest absolute Gasteiger partial charge is 0.449 e. The van der Waals surface area contributed by atoms with E-state index in [9.17, 15) is 22.8 Å². The van der Waals surface area contributed by atoms with Crippen LogP contribution in [0.2, 0.25) is 0 Å². The van der Waals surface area contributed by atoms with Crippen molar-refractivity contribution >= 4 is 17.7 Å². The molecule has 4 rings (SSSR count). The van der Waals surface area contributed by atoms with Crippen molar-refractivity contribution in [3.8, 4) is 0 Å². The third-order valence-electron chi connectivity index (χ3n) is 7.09. The summed E-state index contributed by atoms with van der Waals surface area (Å²) in [4.78, 5) is 26.9. The number of carbonyl (C=O) groups is 2. The van der Waals surface area contributed by atoms with Crippen molar-refractivity contribution in [2.45, 2.75) is 50.6 Å². The Hall–Kier alpha value is -3.03. The van der Waals surface area contributed by atoms with Crippen LogP contribution in [-0.4, -0.2) is 36.6 Å². The Balaban J connectivity index is 1.21. The van der Waals surface area contributed by atoms with Crippen LogP contribution in [0.4, 0.5) is 23.7 Å². The minimum atomic E-state index is -4.57. The highest BCUT2D eigenvalue weighted by atomic mass is 19.4. The van der Waals surface area contributed by atoms with Crippen LogP contribution in [-0.2, 0) is 15.7 Å². The summed E-state index contributed by atoms with van der Waals surface area (Å²) < 4.78 is 44.2. The lowest BCUT2D eigenvalue weighted by Crippen LogP contribution is -2.37. The Kier molecular flexibility index (Phi) is 7.14. The van der Waals surface area contributed by atoms with Crippen LogP contribution < -0.4 is 5.32 Å². The molecule has 2 aromatic carbocycles. The molecule has 0 aromatic heterocycles. The normalized spacial score (nSPS) is 22.7. The van der Waals surface area contributed by atoms with E-state index < -0.39 is 17.8 Å². The van der Waals surface area contributed by atoms with Crippen LogP contribution in [0.1, 0.15) is 55.6 Å². The SMILES string of the molecule is O=C(Nc1ccccc1C(F)(F)F)OCCCN1CCC2(CCC(c3ccccc3)CC2)C1=O. The zero-order chi connectivity index (χ0) is 24.2. The van der Waals surface area contributed by atoms with Crippen molar-refractivity contribution in [1.29, 1.82) is 0 Å². The van der Waals surface area contributed by atoms with Gasteiger partial charge in [-0.25, -0.2) is 4.79 Å². The maximum Gasteiger partial charge on any atom is 0.418 e. The summed E-state index contributed by atoms with van der Waals surface area (Å²) in [6.45, 7) is 1.18. The van der Waals surface area contributed by atoms with Crippen molar-refractivity contribution < 1.29 is 27.5 Å². The molecular formula is C26H29F3N2O3. The lowest BCUT2D eigenvalue weighted by molar-refractivity contribution is -0.138. The predicted octanol–water partition coefficient (Wildman–Crippen LogP) is 6.22. The summed E-state index contributed by atoms with van der Waals surface area (Å²) in [5.74, 6) is 0.686. The maximum atomic E-state index is 13.1. The van der Waals surface area contributed by atoms with E-state index in [1.54, 1.807) is 0 Å². The molecular weight excluding hydrogens is 445 g/mol. The van der Waals surface area contributed by atoms with E-state index in [2.05, 4.69) is 29.6 Å². The lowest BCUT2D eigenvalue weighted by Gasteiger charge is -2.36. The van der Waals surface area contributed by atoms with Crippen molar-refractivity contribution in [3.63, 3.8) is 0 Å². The van der Waals surface area contributed by atoms with Gasteiger partial charge in [-0.3, -0.25) is 10.1 Å². The van der Waals surface area contributed by atoms with E-state index in [1.807, 2.05) is 11.0 Å². The van der Waals surface area contributed by atoms with Gasteiger partial charge in [0.1, 0.15) is 0 Å². The number of hydrogen-bond acceptors (Lipinski definition) is 3. The Morgan fingerprint density at radius 1 is 1.03 bits per heavy atom. The molecule has 1 aliphatic carbocycles. The van der Waals surface area contributed by atoms with Gasteiger partial charge in [-0.05, 0) is 62.1 Å². The number of halogens is 3. The lowest BCUT2D eigenvalue weighted by atomic mass is 9.68. The number of nitrogens with zero attached hydrogens (tertiary/aromatic N) is 1. The number of rotatable bonds is 6. The Morgan fingerprint density at radius 3 is 2.41 bits per heavy atom. The second-order valence-corrected chi connectivity index (χ2v) is 9.17. The number of ether oxygens (including phenoxy) is 1. The molecule has 1 spiro atoms. The fraction of sp³-hybridized carbons (Fsp3) is 0.462.